The molecule has 3 fully saturated rings. The molecule has 5 heteroatoms. The third kappa shape index (κ3) is 3.27. The zero-order chi connectivity index (χ0) is 21.9. The summed E-state index contributed by atoms with van der Waals surface area (Å²) >= 11 is 0. The van der Waals surface area contributed by atoms with Crippen LogP contribution in [0.25, 0.3) is 0 Å². The molecule has 0 radical (unpaired) electrons. The minimum absolute atomic E-state index is 0.00455. The van der Waals surface area contributed by atoms with Gasteiger partial charge in [0.1, 0.15) is 11.7 Å². The molecule has 0 unspecified atom stereocenters. The largest absolute Gasteiger partial charge is 0.469 e. The molecule has 1 saturated carbocycles. The number of hydrogen-bond donors (Lipinski definition) is 0. The minimum Gasteiger partial charge on any atom is -0.469 e. The molecule has 0 spiro atoms. The summed E-state index contributed by atoms with van der Waals surface area (Å²) in [6.45, 7) is 13.4. The van der Waals surface area contributed by atoms with E-state index < -0.39 is 5.60 Å². The molecule has 4 rings (SSSR count). The average Bonchev–Trinajstić information content (AvgIpc) is 3.01. The molecule has 2 aliphatic heterocycles. The lowest BCUT2D eigenvalue weighted by molar-refractivity contribution is -0.426. The van der Waals surface area contributed by atoms with Crippen molar-refractivity contribution >= 4 is 5.97 Å². The van der Waals surface area contributed by atoms with E-state index in [1.165, 1.54) is 31.9 Å². The molecule has 0 bridgehead atoms. The smallest absolute Gasteiger partial charge is 0.311 e. The standard InChI is InChI=1S/C25H40O5/c1-15-8-9-19-18(12-15)13-16(2)23(4)14-21(28-25(19,23)6)24(5)11-10-20(29-30-24)17(3)22(26)27-7/h12,16-21H,8-11,13-14H2,1-7H3/t16-,17+,18-,19-,20+,21-,23+,24-,25-/m0/s1. The molecule has 0 aromatic heterocycles. The van der Waals surface area contributed by atoms with Gasteiger partial charge in [0.15, 0.2) is 0 Å². The average molecular weight is 421 g/mol. The first kappa shape index (κ1) is 22.3. The fourth-order valence-electron chi connectivity index (χ4n) is 6.92. The fraction of sp³-hybridized carbons (Fsp3) is 0.880. The highest BCUT2D eigenvalue weighted by Gasteiger charge is 2.66. The molecule has 5 nitrogen and oxygen atoms in total. The van der Waals surface area contributed by atoms with Gasteiger partial charge in [0.25, 0.3) is 0 Å². The van der Waals surface area contributed by atoms with Gasteiger partial charge in [-0.15, -0.1) is 0 Å². The Morgan fingerprint density at radius 3 is 2.63 bits per heavy atom. The van der Waals surface area contributed by atoms with Crippen molar-refractivity contribution in [3.63, 3.8) is 0 Å². The van der Waals surface area contributed by atoms with Crippen LogP contribution in [-0.2, 0) is 24.0 Å². The Hall–Kier alpha value is -0.910. The highest BCUT2D eigenvalue weighted by atomic mass is 17.2. The van der Waals surface area contributed by atoms with Crippen molar-refractivity contribution in [2.24, 2.45) is 29.1 Å². The van der Waals surface area contributed by atoms with Crippen LogP contribution in [0.3, 0.4) is 0 Å². The fourth-order valence-corrected chi connectivity index (χ4v) is 6.92. The molecule has 2 aliphatic carbocycles. The van der Waals surface area contributed by atoms with Crippen molar-refractivity contribution in [1.82, 2.24) is 0 Å². The lowest BCUT2D eigenvalue weighted by atomic mass is 9.50. The number of ether oxygens (including phenoxy) is 2. The zero-order valence-electron chi connectivity index (χ0n) is 19.8. The number of rotatable bonds is 3. The maximum Gasteiger partial charge on any atom is 0.311 e. The van der Waals surface area contributed by atoms with Gasteiger partial charge in [-0.05, 0) is 84.0 Å². The van der Waals surface area contributed by atoms with E-state index in [9.17, 15) is 4.79 Å². The topological polar surface area (TPSA) is 54.0 Å². The van der Waals surface area contributed by atoms with Crippen molar-refractivity contribution in [1.29, 1.82) is 0 Å². The summed E-state index contributed by atoms with van der Waals surface area (Å²) in [4.78, 5) is 23.7. The molecule has 0 aromatic rings. The van der Waals surface area contributed by atoms with Crippen molar-refractivity contribution in [2.75, 3.05) is 7.11 Å². The SMILES string of the molecule is COC(=O)[C@H](C)[C@H]1CC[C@@](C)([C@@H]2C[C@]3(C)[C@@H](C)C[C@@H]4C=C(C)CC[C@@H]4[C@]3(C)O2)OO1. The normalized spacial score (nSPS) is 49.6. The summed E-state index contributed by atoms with van der Waals surface area (Å²) in [6.07, 6.45) is 8.47. The molecule has 0 aromatic carbocycles. The Kier molecular flexibility index (Phi) is 5.64. The van der Waals surface area contributed by atoms with Crippen LogP contribution in [0, 0.1) is 29.1 Å². The summed E-state index contributed by atoms with van der Waals surface area (Å²) in [5, 5.41) is 0. The predicted molar refractivity (Wildman–Crippen MR) is 115 cm³/mol. The number of carbonyl (C=O) groups excluding carboxylic acids is 1. The first-order valence-electron chi connectivity index (χ1n) is 11.8. The second-order valence-corrected chi connectivity index (χ2v) is 11.2. The quantitative estimate of drug-likeness (QED) is 0.355. The first-order valence-corrected chi connectivity index (χ1v) is 11.8. The number of fused-ring (bicyclic) bond motifs is 3. The third-order valence-electron chi connectivity index (χ3n) is 9.52. The van der Waals surface area contributed by atoms with E-state index in [0.29, 0.717) is 17.8 Å². The predicted octanol–water partition coefficient (Wildman–Crippen LogP) is 5.23. The maximum absolute atomic E-state index is 11.9. The molecule has 4 aliphatic rings. The van der Waals surface area contributed by atoms with Crippen LogP contribution >= 0.6 is 0 Å². The maximum atomic E-state index is 11.9. The monoisotopic (exact) mass is 420 g/mol. The number of hydrogen-bond acceptors (Lipinski definition) is 5. The van der Waals surface area contributed by atoms with Crippen LogP contribution in [0.15, 0.2) is 11.6 Å². The van der Waals surface area contributed by atoms with E-state index in [0.717, 1.165) is 19.3 Å². The molecular formula is C25H40O5. The Bertz CT molecular complexity index is 708. The summed E-state index contributed by atoms with van der Waals surface area (Å²) in [5.41, 5.74) is 1.01. The second kappa shape index (κ2) is 7.60. The summed E-state index contributed by atoms with van der Waals surface area (Å²) < 4.78 is 11.9. The lowest BCUT2D eigenvalue weighted by Gasteiger charge is -2.56. The molecule has 30 heavy (non-hydrogen) atoms. The van der Waals surface area contributed by atoms with Gasteiger partial charge >= 0.3 is 5.97 Å². The van der Waals surface area contributed by atoms with Crippen molar-refractivity contribution in [3.8, 4) is 0 Å². The van der Waals surface area contributed by atoms with Crippen LogP contribution in [0.4, 0.5) is 0 Å². The Morgan fingerprint density at radius 2 is 2.00 bits per heavy atom. The van der Waals surface area contributed by atoms with Gasteiger partial charge in [0, 0.05) is 5.41 Å². The molecular weight excluding hydrogens is 380 g/mol. The molecule has 2 heterocycles. The zero-order valence-corrected chi connectivity index (χ0v) is 19.8. The minimum atomic E-state index is -0.495. The van der Waals surface area contributed by atoms with Crippen LogP contribution in [0.2, 0.25) is 0 Å². The lowest BCUT2D eigenvalue weighted by Crippen LogP contribution is -2.57. The van der Waals surface area contributed by atoms with Crippen molar-refractivity contribution in [2.45, 2.75) is 103 Å². The number of methoxy groups -OCH3 is 1. The van der Waals surface area contributed by atoms with Crippen molar-refractivity contribution in [3.05, 3.63) is 11.6 Å². The number of allylic oxidation sites excluding steroid dienone is 2. The highest BCUT2D eigenvalue weighted by molar-refractivity contribution is 5.72. The Labute approximate surface area is 181 Å². The summed E-state index contributed by atoms with van der Waals surface area (Å²) in [5.74, 6) is 1.19. The second-order valence-electron chi connectivity index (χ2n) is 11.2. The Morgan fingerprint density at radius 1 is 1.27 bits per heavy atom. The van der Waals surface area contributed by atoms with E-state index in [1.54, 1.807) is 0 Å². The molecule has 0 N–H and O–H groups in total. The third-order valence-corrected chi connectivity index (χ3v) is 9.52. The van der Waals surface area contributed by atoms with Gasteiger partial charge in [0.2, 0.25) is 0 Å². The van der Waals surface area contributed by atoms with E-state index in [4.69, 9.17) is 19.2 Å². The molecule has 0 amide bonds. The van der Waals surface area contributed by atoms with E-state index in [-0.39, 0.29) is 35.1 Å². The number of esters is 1. The van der Waals surface area contributed by atoms with Crippen LogP contribution < -0.4 is 0 Å². The van der Waals surface area contributed by atoms with Gasteiger partial charge in [-0.1, -0.05) is 25.5 Å². The summed E-state index contributed by atoms with van der Waals surface area (Å²) in [7, 11) is 1.42. The van der Waals surface area contributed by atoms with Crippen LogP contribution in [0.1, 0.15) is 80.1 Å². The highest BCUT2D eigenvalue weighted by Crippen LogP contribution is 2.65. The molecule has 2 saturated heterocycles. The van der Waals surface area contributed by atoms with Gasteiger partial charge in [-0.25, -0.2) is 9.78 Å². The Balaban J connectivity index is 1.52. The molecule has 170 valence electrons. The van der Waals surface area contributed by atoms with Crippen molar-refractivity contribution < 1.29 is 24.0 Å². The first-order chi connectivity index (χ1) is 14.0. The van der Waals surface area contributed by atoms with Crippen LogP contribution in [-0.4, -0.2) is 36.5 Å². The van der Waals surface area contributed by atoms with E-state index >= 15 is 0 Å². The van der Waals surface area contributed by atoms with Gasteiger partial charge in [-0.2, -0.15) is 0 Å². The summed E-state index contributed by atoms with van der Waals surface area (Å²) in [6, 6.07) is 0. The van der Waals surface area contributed by atoms with Crippen LogP contribution in [0.5, 0.6) is 0 Å². The number of carbonyl (C=O) groups is 1. The van der Waals surface area contributed by atoms with Gasteiger partial charge < -0.3 is 9.47 Å². The van der Waals surface area contributed by atoms with E-state index in [1.807, 2.05) is 6.92 Å². The van der Waals surface area contributed by atoms with Gasteiger partial charge in [0.05, 0.1) is 24.7 Å². The van der Waals surface area contributed by atoms with E-state index in [2.05, 4.69) is 40.7 Å². The molecule has 9 atom stereocenters. The van der Waals surface area contributed by atoms with Gasteiger partial charge in [-0.3, -0.25) is 4.79 Å².